The number of tetrazole rings is 1. The summed E-state index contributed by atoms with van der Waals surface area (Å²) in [6, 6.07) is 0. The molecule has 0 spiro atoms. The van der Waals surface area contributed by atoms with Gasteiger partial charge in [-0.3, -0.25) is 4.79 Å². The van der Waals surface area contributed by atoms with Crippen LogP contribution in [0.15, 0.2) is 5.16 Å². The summed E-state index contributed by atoms with van der Waals surface area (Å²) in [6.45, 7) is 5.79. The number of ether oxygens (including phenoxy) is 1. The number of rotatable bonds is 8. The van der Waals surface area contributed by atoms with Crippen LogP contribution in [-0.2, 0) is 16.6 Å². The molecule has 1 heterocycles. The number of nitrogens with zero attached hydrogens (tertiary/aromatic N) is 4. The molecule has 1 aromatic heterocycles. The van der Waals surface area contributed by atoms with Crippen molar-refractivity contribution < 1.29 is 9.53 Å². The van der Waals surface area contributed by atoms with Crippen LogP contribution in [0.1, 0.15) is 20.3 Å². The third kappa shape index (κ3) is 5.01. The van der Waals surface area contributed by atoms with Crippen molar-refractivity contribution in [2.45, 2.75) is 30.7 Å². The molecule has 1 rings (SSSR count). The van der Waals surface area contributed by atoms with Crippen molar-refractivity contribution >= 4 is 17.7 Å². The van der Waals surface area contributed by atoms with E-state index in [4.69, 9.17) is 4.74 Å². The zero-order chi connectivity index (χ0) is 13.4. The first-order chi connectivity index (χ1) is 8.65. The van der Waals surface area contributed by atoms with Crippen LogP contribution in [0.4, 0.5) is 0 Å². The zero-order valence-electron chi connectivity index (χ0n) is 10.9. The van der Waals surface area contributed by atoms with Crippen LogP contribution in [0.2, 0.25) is 0 Å². The molecule has 1 N–H and O–H groups in total. The van der Waals surface area contributed by atoms with Gasteiger partial charge in [-0.15, -0.1) is 5.10 Å². The Morgan fingerprint density at radius 2 is 2.39 bits per heavy atom. The molecule has 0 aliphatic carbocycles. The highest BCUT2D eigenvalue weighted by atomic mass is 32.2. The monoisotopic (exact) mass is 273 g/mol. The number of thioether (sulfide) groups is 1. The van der Waals surface area contributed by atoms with Gasteiger partial charge in [0.15, 0.2) is 0 Å². The molecule has 1 amide bonds. The predicted molar refractivity (Wildman–Crippen MR) is 68.2 cm³/mol. The molecular weight excluding hydrogens is 254 g/mol. The molecule has 0 aliphatic heterocycles. The van der Waals surface area contributed by atoms with Crippen LogP contribution in [0.25, 0.3) is 0 Å². The van der Waals surface area contributed by atoms with Crippen molar-refractivity contribution in [1.29, 1.82) is 0 Å². The topological polar surface area (TPSA) is 81.9 Å². The second-order valence-electron chi connectivity index (χ2n) is 3.69. The molecule has 18 heavy (non-hydrogen) atoms. The third-order valence-electron chi connectivity index (χ3n) is 2.20. The SMILES string of the molecule is CCOCCCNC(=O)C(C)Sc1nnnn1C. The number of carbonyl (C=O) groups excluding carboxylic acids is 1. The van der Waals surface area contributed by atoms with E-state index in [-0.39, 0.29) is 11.2 Å². The number of aromatic nitrogens is 4. The number of nitrogens with one attached hydrogen (secondary N) is 1. The number of hydrogen-bond acceptors (Lipinski definition) is 6. The number of aryl methyl sites for hydroxylation is 1. The standard InChI is InChI=1S/C10H19N5O2S/c1-4-17-7-5-6-11-9(16)8(2)18-10-12-13-14-15(10)3/h8H,4-7H2,1-3H3,(H,11,16). The van der Waals surface area contributed by atoms with Crippen LogP contribution >= 0.6 is 11.8 Å². The summed E-state index contributed by atoms with van der Waals surface area (Å²) in [5.41, 5.74) is 0. The zero-order valence-corrected chi connectivity index (χ0v) is 11.7. The maximum atomic E-state index is 11.8. The average molecular weight is 273 g/mol. The lowest BCUT2D eigenvalue weighted by Gasteiger charge is -2.10. The average Bonchev–Trinajstić information content (AvgIpc) is 2.74. The Kier molecular flexibility index (Phi) is 6.66. The van der Waals surface area contributed by atoms with Crippen LogP contribution in [0.3, 0.4) is 0 Å². The molecule has 0 saturated heterocycles. The summed E-state index contributed by atoms with van der Waals surface area (Å²) < 4.78 is 6.74. The predicted octanol–water partition coefficient (Wildman–Crippen LogP) is 0.234. The Labute approximate surface area is 111 Å². The largest absolute Gasteiger partial charge is 0.382 e. The minimum absolute atomic E-state index is 0.0144. The first-order valence-electron chi connectivity index (χ1n) is 5.89. The summed E-state index contributed by atoms with van der Waals surface area (Å²) in [5, 5.41) is 14.3. The van der Waals surface area contributed by atoms with Crippen molar-refractivity contribution in [2.75, 3.05) is 19.8 Å². The van der Waals surface area contributed by atoms with E-state index in [1.165, 1.54) is 11.8 Å². The Balaban J connectivity index is 2.23. The fraction of sp³-hybridized carbons (Fsp3) is 0.800. The van der Waals surface area contributed by atoms with Gasteiger partial charge in [0.1, 0.15) is 0 Å². The summed E-state index contributed by atoms with van der Waals surface area (Å²) in [7, 11) is 1.75. The smallest absolute Gasteiger partial charge is 0.233 e. The molecule has 0 aliphatic rings. The van der Waals surface area contributed by atoms with Crippen LogP contribution < -0.4 is 5.32 Å². The summed E-state index contributed by atoms with van der Waals surface area (Å²) in [4.78, 5) is 11.8. The molecular formula is C10H19N5O2S. The first-order valence-corrected chi connectivity index (χ1v) is 6.77. The Bertz CT molecular complexity index is 371. The fourth-order valence-corrected chi connectivity index (χ4v) is 1.99. The van der Waals surface area contributed by atoms with E-state index < -0.39 is 0 Å². The van der Waals surface area contributed by atoms with Gasteiger partial charge in [0.2, 0.25) is 11.1 Å². The molecule has 0 bridgehead atoms. The quantitative estimate of drug-likeness (QED) is 0.539. The fourth-order valence-electron chi connectivity index (χ4n) is 1.21. The number of carbonyl (C=O) groups is 1. The van der Waals surface area contributed by atoms with Gasteiger partial charge in [-0.05, 0) is 30.7 Å². The van der Waals surface area contributed by atoms with Crippen LogP contribution in [-0.4, -0.2) is 51.1 Å². The van der Waals surface area contributed by atoms with E-state index in [0.717, 1.165) is 6.42 Å². The summed E-state index contributed by atoms with van der Waals surface area (Å²) >= 11 is 1.34. The van der Waals surface area contributed by atoms with Gasteiger partial charge < -0.3 is 10.1 Å². The van der Waals surface area contributed by atoms with Crippen molar-refractivity contribution in [3.8, 4) is 0 Å². The molecule has 102 valence electrons. The summed E-state index contributed by atoms with van der Waals surface area (Å²) in [6.07, 6.45) is 0.822. The van der Waals surface area contributed by atoms with E-state index in [0.29, 0.717) is 24.9 Å². The highest BCUT2D eigenvalue weighted by Gasteiger charge is 2.16. The lowest BCUT2D eigenvalue weighted by atomic mass is 10.4. The third-order valence-corrected chi connectivity index (χ3v) is 3.33. The van der Waals surface area contributed by atoms with Crippen LogP contribution in [0.5, 0.6) is 0 Å². The lowest BCUT2D eigenvalue weighted by Crippen LogP contribution is -2.32. The van der Waals surface area contributed by atoms with Gasteiger partial charge in [-0.1, -0.05) is 11.8 Å². The maximum Gasteiger partial charge on any atom is 0.233 e. The Hall–Kier alpha value is -1.15. The van der Waals surface area contributed by atoms with Crippen molar-refractivity contribution in [2.24, 2.45) is 7.05 Å². The molecule has 0 saturated carbocycles. The van der Waals surface area contributed by atoms with Gasteiger partial charge in [-0.2, -0.15) is 0 Å². The maximum absolute atomic E-state index is 11.8. The molecule has 8 heteroatoms. The second kappa shape index (κ2) is 8.04. The minimum Gasteiger partial charge on any atom is -0.382 e. The van der Waals surface area contributed by atoms with Gasteiger partial charge >= 0.3 is 0 Å². The van der Waals surface area contributed by atoms with Gasteiger partial charge in [0.05, 0.1) is 5.25 Å². The normalized spacial score (nSPS) is 12.4. The lowest BCUT2D eigenvalue weighted by molar-refractivity contribution is -0.120. The molecule has 1 atom stereocenters. The van der Waals surface area contributed by atoms with E-state index in [1.807, 2.05) is 13.8 Å². The highest BCUT2D eigenvalue weighted by molar-refractivity contribution is 8.00. The summed E-state index contributed by atoms with van der Waals surface area (Å²) in [5.74, 6) is -0.0144. The van der Waals surface area contributed by atoms with Gasteiger partial charge in [-0.25, -0.2) is 4.68 Å². The highest BCUT2D eigenvalue weighted by Crippen LogP contribution is 2.18. The molecule has 7 nitrogen and oxygen atoms in total. The van der Waals surface area contributed by atoms with Crippen molar-refractivity contribution in [3.63, 3.8) is 0 Å². The molecule has 0 radical (unpaired) electrons. The Morgan fingerprint density at radius 1 is 1.61 bits per heavy atom. The second-order valence-corrected chi connectivity index (χ2v) is 4.99. The van der Waals surface area contributed by atoms with Crippen molar-refractivity contribution in [3.05, 3.63) is 0 Å². The van der Waals surface area contributed by atoms with Gasteiger partial charge in [0, 0.05) is 26.8 Å². The Morgan fingerprint density at radius 3 is 3.00 bits per heavy atom. The molecule has 0 aromatic carbocycles. The molecule has 1 aromatic rings. The molecule has 0 fully saturated rings. The van der Waals surface area contributed by atoms with Crippen LogP contribution in [0, 0.1) is 0 Å². The van der Waals surface area contributed by atoms with E-state index in [9.17, 15) is 4.79 Å². The van der Waals surface area contributed by atoms with E-state index >= 15 is 0 Å². The number of hydrogen-bond donors (Lipinski definition) is 1. The van der Waals surface area contributed by atoms with Crippen molar-refractivity contribution in [1.82, 2.24) is 25.5 Å². The van der Waals surface area contributed by atoms with Gasteiger partial charge in [0.25, 0.3) is 0 Å². The van der Waals surface area contributed by atoms with E-state index in [2.05, 4.69) is 20.8 Å². The molecule has 1 unspecified atom stereocenters. The van der Waals surface area contributed by atoms with E-state index in [1.54, 1.807) is 11.7 Å². The number of amides is 1. The first kappa shape index (κ1) is 14.9. The minimum atomic E-state index is -0.221.